The Morgan fingerprint density at radius 3 is 1.35 bits per heavy atom. The van der Waals surface area contributed by atoms with Gasteiger partial charge in [-0.15, -0.1) is 0 Å². The molecule has 0 spiro atoms. The molecular weight excluding hydrogens is 887 g/mol. The van der Waals surface area contributed by atoms with Gasteiger partial charge in [-0.1, -0.05) is 254 Å². The number of carbonyl (C=O) groups excluding carboxylic acids is 1. The second-order valence-corrected chi connectivity index (χ2v) is 20.4. The molecule has 9 nitrogen and oxygen atoms in total. The van der Waals surface area contributed by atoms with Gasteiger partial charge in [-0.05, 0) is 70.6 Å². The van der Waals surface area contributed by atoms with Crippen LogP contribution in [0.1, 0.15) is 258 Å². The van der Waals surface area contributed by atoms with E-state index in [0.29, 0.717) is 6.42 Å². The van der Waals surface area contributed by atoms with Crippen LogP contribution in [0.25, 0.3) is 0 Å². The van der Waals surface area contributed by atoms with Crippen molar-refractivity contribution in [3.63, 3.8) is 0 Å². The van der Waals surface area contributed by atoms with Gasteiger partial charge in [-0.25, -0.2) is 0 Å². The summed E-state index contributed by atoms with van der Waals surface area (Å²) < 4.78 is 11.3. The van der Waals surface area contributed by atoms with Gasteiger partial charge in [0.25, 0.3) is 0 Å². The maximum absolute atomic E-state index is 13.1. The molecule has 1 saturated heterocycles. The van der Waals surface area contributed by atoms with E-state index in [-0.39, 0.29) is 12.5 Å². The van der Waals surface area contributed by atoms with Crippen molar-refractivity contribution in [2.75, 3.05) is 13.2 Å². The Bertz CT molecular complexity index is 1340. The number of amides is 1. The predicted octanol–water partition coefficient (Wildman–Crippen LogP) is 14.8. The molecule has 71 heavy (non-hydrogen) atoms. The van der Waals surface area contributed by atoms with Gasteiger partial charge in [0.05, 0.1) is 25.4 Å². The van der Waals surface area contributed by atoms with Crippen LogP contribution >= 0.6 is 0 Å². The van der Waals surface area contributed by atoms with Crippen LogP contribution in [0.15, 0.2) is 72.9 Å². The van der Waals surface area contributed by atoms with Crippen LogP contribution in [-0.2, 0) is 14.3 Å². The normalized spacial score (nSPS) is 19.8. The third-order valence-corrected chi connectivity index (χ3v) is 13.8. The van der Waals surface area contributed by atoms with E-state index in [2.05, 4.69) is 79.9 Å². The number of ether oxygens (including phenoxy) is 2. The van der Waals surface area contributed by atoms with Crippen molar-refractivity contribution in [1.29, 1.82) is 0 Å². The van der Waals surface area contributed by atoms with E-state index in [1.54, 1.807) is 6.08 Å². The van der Waals surface area contributed by atoms with E-state index in [4.69, 9.17) is 9.47 Å². The Hall–Kier alpha value is -2.37. The lowest BCUT2D eigenvalue weighted by Crippen LogP contribution is -2.60. The van der Waals surface area contributed by atoms with Crippen molar-refractivity contribution in [1.82, 2.24) is 5.32 Å². The van der Waals surface area contributed by atoms with E-state index in [0.717, 1.165) is 64.2 Å². The molecule has 6 N–H and O–H groups in total. The Morgan fingerprint density at radius 2 is 0.887 bits per heavy atom. The zero-order valence-corrected chi connectivity index (χ0v) is 45.7. The first kappa shape index (κ1) is 66.6. The van der Waals surface area contributed by atoms with E-state index < -0.39 is 49.5 Å². The summed E-state index contributed by atoms with van der Waals surface area (Å²) in [6.07, 6.45) is 64.1. The Kier molecular flexibility index (Phi) is 48.0. The number of nitrogens with one attached hydrogen (secondary N) is 1. The largest absolute Gasteiger partial charge is 0.394 e. The second kappa shape index (κ2) is 51.1. The van der Waals surface area contributed by atoms with Crippen molar-refractivity contribution < 1.29 is 39.8 Å². The number of rotatable bonds is 50. The Balaban J connectivity index is 2.17. The molecule has 0 aliphatic carbocycles. The number of aliphatic hydroxyl groups is 5. The van der Waals surface area contributed by atoms with Crippen LogP contribution in [0.4, 0.5) is 0 Å². The van der Waals surface area contributed by atoms with Crippen LogP contribution in [0.3, 0.4) is 0 Å². The van der Waals surface area contributed by atoms with Gasteiger partial charge in [0.2, 0.25) is 5.91 Å². The molecule has 0 radical (unpaired) electrons. The highest BCUT2D eigenvalue weighted by molar-refractivity contribution is 5.76. The lowest BCUT2D eigenvalue weighted by atomic mass is 9.99. The van der Waals surface area contributed by atoms with E-state index in [1.165, 1.54) is 173 Å². The number of carbonyl (C=O) groups is 1. The molecule has 7 atom stereocenters. The third-order valence-electron chi connectivity index (χ3n) is 13.8. The second-order valence-electron chi connectivity index (χ2n) is 20.4. The number of unbranched alkanes of at least 4 members (excludes halogenated alkanes) is 30. The molecule has 412 valence electrons. The lowest BCUT2D eigenvalue weighted by Gasteiger charge is -2.40. The summed E-state index contributed by atoms with van der Waals surface area (Å²) in [5.74, 6) is -0.186. The van der Waals surface area contributed by atoms with Crippen molar-refractivity contribution in [2.45, 2.75) is 301 Å². The summed E-state index contributed by atoms with van der Waals surface area (Å²) in [5, 5.41) is 54.5. The first-order chi connectivity index (χ1) is 34.8. The quantitative estimate of drug-likeness (QED) is 0.0261. The van der Waals surface area contributed by atoms with Crippen molar-refractivity contribution >= 4 is 5.91 Å². The molecule has 0 aromatic heterocycles. The van der Waals surface area contributed by atoms with E-state index >= 15 is 0 Å². The third kappa shape index (κ3) is 40.7. The Morgan fingerprint density at radius 1 is 0.493 bits per heavy atom. The molecule has 1 fully saturated rings. The van der Waals surface area contributed by atoms with Gasteiger partial charge in [-0.3, -0.25) is 4.79 Å². The minimum Gasteiger partial charge on any atom is -0.394 e. The van der Waals surface area contributed by atoms with E-state index in [1.807, 2.05) is 6.08 Å². The smallest absolute Gasteiger partial charge is 0.220 e. The molecule has 1 aliphatic rings. The summed E-state index contributed by atoms with van der Waals surface area (Å²) in [7, 11) is 0. The summed E-state index contributed by atoms with van der Waals surface area (Å²) >= 11 is 0. The SMILES string of the molecule is CC/C=C\C/C=C\C/C=C\C/C=C\CCCCCCCCCCCCCCCCCCCCC(=O)NC(COC1OC(CO)C(O)C(O)C1O)C(O)/C=C/CC/C=C/CCCCCCCCCCCCC. The predicted molar refractivity (Wildman–Crippen MR) is 299 cm³/mol. The highest BCUT2D eigenvalue weighted by Gasteiger charge is 2.44. The van der Waals surface area contributed by atoms with E-state index in [9.17, 15) is 30.3 Å². The maximum Gasteiger partial charge on any atom is 0.220 e. The molecule has 0 aromatic carbocycles. The van der Waals surface area contributed by atoms with Crippen molar-refractivity contribution in [3.8, 4) is 0 Å². The molecular formula is C62H111NO8. The van der Waals surface area contributed by atoms with Gasteiger partial charge in [0, 0.05) is 6.42 Å². The molecule has 1 rings (SSSR count). The fourth-order valence-electron chi connectivity index (χ4n) is 9.11. The molecule has 0 saturated carbocycles. The van der Waals surface area contributed by atoms with Crippen LogP contribution in [0.5, 0.6) is 0 Å². The average molecular weight is 999 g/mol. The minimum atomic E-state index is -1.57. The van der Waals surface area contributed by atoms with Crippen molar-refractivity contribution in [3.05, 3.63) is 72.9 Å². The molecule has 1 heterocycles. The fourth-order valence-corrected chi connectivity index (χ4v) is 9.11. The molecule has 9 heteroatoms. The van der Waals surface area contributed by atoms with Gasteiger partial charge in [-0.2, -0.15) is 0 Å². The standard InChI is InChI=1S/C62H111NO8/c1-3-5-7-9-11-13-15-17-19-21-22-23-24-25-26-27-28-29-30-31-32-33-34-36-38-40-42-44-46-48-50-52-58(66)63-55(54-70-62-61(69)60(68)59(67)57(53-64)71-62)56(65)51-49-47-45-43-41-39-37-35-20-18-16-14-12-10-8-6-4-2/h5,7,11,13,17,19,22-23,41,43,49,51,55-57,59-62,64-65,67-69H,3-4,6,8-10,12,14-16,18,20-21,24-40,42,44-48,50,52-54H2,1-2H3,(H,63,66)/b7-5-,13-11-,19-17-,23-22-,43-41+,51-49+. The van der Waals surface area contributed by atoms with Gasteiger partial charge in [0.1, 0.15) is 24.4 Å². The highest BCUT2D eigenvalue weighted by Crippen LogP contribution is 2.23. The topological polar surface area (TPSA) is 149 Å². The average Bonchev–Trinajstić information content (AvgIpc) is 3.37. The fraction of sp³-hybridized carbons (Fsp3) is 0.790. The van der Waals surface area contributed by atoms with Gasteiger partial charge in [0.15, 0.2) is 6.29 Å². The van der Waals surface area contributed by atoms with Crippen LogP contribution < -0.4 is 5.32 Å². The Labute approximate surface area is 436 Å². The number of hydrogen-bond acceptors (Lipinski definition) is 8. The van der Waals surface area contributed by atoms with Crippen LogP contribution in [0.2, 0.25) is 0 Å². The number of allylic oxidation sites excluding steroid dienone is 11. The minimum absolute atomic E-state index is 0.186. The molecule has 0 aromatic rings. The van der Waals surface area contributed by atoms with Crippen LogP contribution in [0, 0.1) is 0 Å². The summed E-state index contributed by atoms with van der Waals surface area (Å²) in [4.78, 5) is 13.1. The summed E-state index contributed by atoms with van der Waals surface area (Å²) in [6, 6.07) is -0.823. The first-order valence-electron chi connectivity index (χ1n) is 29.7. The highest BCUT2D eigenvalue weighted by atomic mass is 16.7. The first-order valence-corrected chi connectivity index (χ1v) is 29.7. The monoisotopic (exact) mass is 998 g/mol. The van der Waals surface area contributed by atoms with Crippen LogP contribution in [-0.4, -0.2) is 87.5 Å². The zero-order valence-electron chi connectivity index (χ0n) is 45.7. The van der Waals surface area contributed by atoms with Crippen molar-refractivity contribution in [2.24, 2.45) is 0 Å². The summed E-state index contributed by atoms with van der Waals surface area (Å²) in [6.45, 7) is 3.66. The van der Waals surface area contributed by atoms with Gasteiger partial charge >= 0.3 is 0 Å². The molecule has 0 bridgehead atoms. The molecule has 7 unspecified atom stereocenters. The zero-order chi connectivity index (χ0) is 51.5. The number of hydrogen-bond donors (Lipinski definition) is 6. The molecule has 1 aliphatic heterocycles. The number of aliphatic hydroxyl groups excluding tert-OH is 5. The molecule has 1 amide bonds. The summed E-state index contributed by atoms with van der Waals surface area (Å²) in [5.41, 5.74) is 0. The lowest BCUT2D eigenvalue weighted by molar-refractivity contribution is -0.302. The van der Waals surface area contributed by atoms with Gasteiger partial charge < -0.3 is 40.3 Å². The maximum atomic E-state index is 13.1.